The second-order valence-corrected chi connectivity index (χ2v) is 14.0. The lowest BCUT2D eigenvalue weighted by Gasteiger charge is -2.48. The van der Waals surface area contributed by atoms with Crippen molar-refractivity contribution < 1.29 is 4.57 Å². The average Bonchev–Trinajstić information content (AvgIpc) is 3.05. The van der Waals surface area contributed by atoms with Gasteiger partial charge in [0.05, 0.1) is 5.94 Å². The quantitative estimate of drug-likeness (QED) is 0.238. The molecule has 0 N–H and O–H groups in total. The molecular weight excluding hydrogens is 534 g/mol. The highest BCUT2D eigenvalue weighted by Gasteiger charge is 2.49. The van der Waals surface area contributed by atoms with Crippen molar-refractivity contribution in [2.45, 2.75) is 88.5 Å². The van der Waals surface area contributed by atoms with Crippen LogP contribution in [0.15, 0.2) is 48.5 Å². The average molecular weight is 582 g/mol. The van der Waals surface area contributed by atoms with Gasteiger partial charge >= 0.3 is 14.0 Å². The number of anilines is 2. The second kappa shape index (κ2) is 11.5. The number of hydrogen-bond donors (Lipinski definition) is 0. The Balaban J connectivity index is 1.61. The minimum absolute atomic E-state index is 0.124. The molecule has 0 aromatic heterocycles. The minimum Gasteiger partial charge on any atom is -0.471 e. The van der Waals surface area contributed by atoms with Crippen molar-refractivity contribution in [3.05, 3.63) is 115 Å². The summed E-state index contributed by atoms with van der Waals surface area (Å²) in [6.07, 6.45) is 0.941. The summed E-state index contributed by atoms with van der Waals surface area (Å²) in [6.45, 7) is 26.5. The molecule has 0 saturated carbocycles. The fourth-order valence-electron chi connectivity index (χ4n) is 8.87. The highest BCUT2D eigenvalue weighted by Crippen LogP contribution is 2.37. The Morgan fingerprint density at radius 2 is 0.955 bits per heavy atom. The van der Waals surface area contributed by atoms with Crippen LogP contribution in [0.25, 0.3) is 0 Å². The Morgan fingerprint density at radius 1 is 0.523 bits per heavy atom. The molecule has 1 fully saturated rings. The predicted octanol–water partition coefficient (Wildman–Crippen LogP) is 7.18. The lowest BCUT2D eigenvalue weighted by molar-refractivity contribution is 0.531. The summed E-state index contributed by atoms with van der Waals surface area (Å²) < 4.78 is 7.70. The van der Waals surface area contributed by atoms with E-state index < -0.39 is 0 Å². The van der Waals surface area contributed by atoms with E-state index in [1.54, 1.807) is 0 Å². The lowest BCUT2D eigenvalue weighted by Crippen LogP contribution is -2.67. The Hall–Kier alpha value is -3.43. The Labute approximate surface area is 266 Å². The maximum Gasteiger partial charge on any atom is 0.425 e. The first-order valence-corrected chi connectivity index (χ1v) is 16.4. The molecule has 1 atom stereocenters. The Morgan fingerprint density at radius 3 is 1.48 bits per heavy atom. The molecule has 0 radical (unpaired) electrons. The van der Waals surface area contributed by atoms with E-state index in [0.717, 1.165) is 19.5 Å². The summed E-state index contributed by atoms with van der Waals surface area (Å²) in [7, 11) is -0.124. The summed E-state index contributed by atoms with van der Waals surface area (Å²) in [4.78, 5) is 5.31. The van der Waals surface area contributed by atoms with Crippen LogP contribution < -0.4 is 20.6 Å². The third-order valence-electron chi connectivity index (χ3n) is 10.0. The molecule has 44 heavy (non-hydrogen) atoms. The van der Waals surface area contributed by atoms with E-state index in [-0.39, 0.29) is 19.9 Å². The number of aryl methyl sites for hydroxylation is 11. The number of nitrogens with zero attached hydrogens (tertiary/aromatic N) is 2. The summed E-state index contributed by atoms with van der Waals surface area (Å²) in [5, 5.41) is 0. The van der Waals surface area contributed by atoms with Gasteiger partial charge in [-0.2, -0.15) is 0 Å². The first-order valence-electron chi connectivity index (χ1n) is 16.4. The van der Waals surface area contributed by atoms with Crippen molar-refractivity contribution in [2.24, 2.45) is 0 Å². The van der Waals surface area contributed by atoms with Crippen LogP contribution in [-0.2, 0) is 11.0 Å². The van der Waals surface area contributed by atoms with E-state index in [1.807, 2.05) is 0 Å². The normalized spacial score (nSPS) is 16.7. The van der Waals surface area contributed by atoms with Gasteiger partial charge in [0.2, 0.25) is 0 Å². The van der Waals surface area contributed by atoms with Crippen LogP contribution in [0.3, 0.4) is 0 Å². The molecule has 2 aliphatic heterocycles. The molecule has 0 spiro atoms. The fraction of sp³-hybridized carbons (Fsp3) is 0.385. The van der Waals surface area contributed by atoms with Crippen LogP contribution in [0.4, 0.5) is 11.4 Å². The van der Waals surface area contributed by atoms with Gasteiger partial charge in [-0.3, -0.25) is 0 Å². The van der Waals surface area contributed by atoms with Gasteiger partial charge in [-0.1, -0.05) is 87.5 Å². The zero-order valence-corrected chi connectivity index (χ0v) is 28.8. The molecule has 0 unspecified atom stereocenters. The second-order valence-electron chi connectivity index (χ2n) is 14.0. The van der Waals surface area contributed by atoms with Crippen LogP contribution in [0.1, 0.15) is 66.8 Å². The monoisotopic (exact) mass is 582 g/mol. The van der Waals surface area contributed by atoms with Gasteiger partial charge in [-0.15, -0.1) is 0 Å². The number of fused-ring (bicyclic) bond motifs is 2. The number of benzene rings is 4. The standard InChI is InChI=1S/C39H48B2N2O/c1-23-14-27(5)36(28(6)15-23)40-37-29(7)16-26(4)21-34(37)22-35-41(44-40)43(39-32(10)19-25(3)20-33(39)11)13-12-42(35)38-30(8)17-24(2)18-31(38)9/h14-21,35H,12-13,22H2,1-11H3/t35-/m0/s1. The van der Waals surface area contributed by atoms with E-state index in [2.05, 4.69) is 134 Å². The van der Waals surface area contributed by atoms with Gasteiger partial charge in [0.15, 0.2) is 0 Å². The molecule has 0 amide bonds. The molecule has 4 aromatic rings. The predicted molar refractivity (Wildman–Crippen MR) is 192 cm³/mol. The smallest absolute Gasteiger partial charge is 0.425 e. The largest absolute Gasteiger partial charge is 0.471 e. The van der Waals surface area contributed by atoms with E-state index in [0.29, 0.717) is 0 Å². The zero-order chi connectivity index (χ0) is 31.6. The summed E-state index contributed by atoms with van der Waals surface area (Å²) in [5.41, 5.74) is 21.4. The van der Waals surface area contributed by atoms with Crippen LogP contribution in [0, 0.1) is 76.2 Å². The van der Waals surface area contributed by atoms with Crippen LogP contribution in [0.2, 0.25) is 0 Å². The van der Waals surface area contributed by atoms with Gasteiger partial charge in [0, 0.05) is 24.5 Å². The van der Waals surface area contributed by atoms with Gasteiger partial charge in [0.1, 0.15) is 0 Å². The molecule has 226 valence electrons. The molecule has 2 aliphatic rings. The van der Waals surface area contributed by atoms with E-state index in [9.17, 15) is 0 Å². The highest BCUT2D eigenvalue weighted by atomic mass is 16.4. The molecule has 6 rings (SSSR count). The lowest BCUT2D eigenvalue weighted by atomic mass is 9.49. The topological polar surface area (TPSA) is 15.7 Å². The summed E-state index contributed by atoms with van der Waals surface area (Å²) in [6, 6.07) is 18.8. The van der Waals surface area contributed by atoms with Crippen molar-refractivity contribution in [3.63, 3.8) is 0 Å². The van der Waals surface area contributed by atoms with E-state index in [4.69, 9.17) is 4.57 Å². The third kappa shape index (κ3) is 5.28. The Kier molecular flexibility index (Phi) is 7.99. The van der Waals surface area contributed by atoms with Gasteiger partial charge < -0.3 is 14.3 Å². The van der Waals surface area contributed by atoms with Crippen molar-refractivity contribution in [1.82, 2.24) is 0 Å². The molecule has 3 nitrogen and oxygen atoms in total. The maximum atomic E-state index is 7.70. The van der Waals surface area contributed by atoms with Crippen molar-refractivity contribution in [3.8, 4) is 0 Å². The number of rotatable bonds is 3. The Bertz CT molecular complexity index is 1710. The van der Waals surface area contributed by atoms with Crippen molar-refractivity contribution in [1.29, 1.82) is 0 Å². The fourth-order valence-corrected chi connectivity index (χ4v) is 8.87. The zero-order valence-electron chi connectivity index (χ0n) is 28.8. The summed E-state index contributed by atoms with van der Waals surface area (Å²) in [5.74, 6) is 0.153. The SMILES string of the molecule is Cc1cc(C)c(B2OB3[C@H](Cc4cc(C)cc(C)c42)N(c2c(C)cc(C)cc2C)CCN3c2c(C)cc(C)cc2C)c(C)c1. The van der Waals surface area contributed by atoms with Crippen LogP contribution in [-0.4, -0.2) is 33.0 Å². The molecular formula is C39H48B2N2O. The first kappa shape index (κ1) is 30.6. The summed E-state index contributed by atoms with van der Waals surface area (Å²) >= 11 is 0. The van der Waals surface area contributed by atoms with Crippen molar-refractivity contribution in [2.75, 3.05) is 22.8 Å². The van der Waals surface area contributed by atoms with Crippen LogP contribution in [0.5, 0.6) is 0 Å². The molecule has 0 aliphatic carbocycles. The molecule has 1 saturated heterocycles. The van der Waals surface area contributed by atoms with E-state index >= 15 is 0 Å². The highest BCUT2D eigenvalue weighted by molar-refractivity contribution is 6.87. The van der Waals surface area contributed by atoms with Crippen LogP contribution >= 0.6 is 0 Å². The molecule has 0 bridgehead atoms. The van der Waals surface area contributed by atoms with Gasteiger partial charge in [0.25, 0.3) is 0 Å². The maximum absolute atomic E-state index is 7.70. The molecule has 5 heteroatoms. The van der Waals surface area contributed by atoms with Gasteiger partial charge in [-0.05, 0) is 121 Å². The van der Waals surface area contributed by atoms with Crippen molar-refractivity contribution >= 4 is 36.3 Å². The third-order valence-corrected chi connectivity index (χ3v) is 10.0. The molecule has 4 aromatic carbocycles. The van der Waals surface area contributed by atoms with E-state index in [1.165, 1.54) is 89.1 Å². The first-order chi connectivity index (χ1) is 20.8. The minimum atomic E-state index is -0.144. The van der Waals surface area contributed by atoms with Gasteiger partial charge in [-0.25, -0.2) is 0 Å². The number of hydrogen-bond acceptors (Lipinski definition) is 3. The molecule has 2 heterocycles.